The van der Waals surface area contributed by atoms with Crippen molar-refractivity contribution in [2.24, 2.45) is 0 Å². The Hall–Kier alpha value is -1.95. The SMILES string of the molecule is Cc1nc(CN(C)C(=O)Nc2cc(F)ccc2C)cs1. The van der Waals surface area contributed by atoms with Crippen molar-refractivity contribution in [1.29, 1.82) is 0 Å². The van der Waals surface area contributed by atoms with Gasteiger partial charge in [-0.1, -0.05) is 6.07 Å². The number of hydrogen-bond donors (Lipinski definition) is 1. The van der Waals surface area contributed by atoms with Crippen molar-refractivity contribution in [2.75, 3.05) is 12.4 Å². The minimum Gasteiger partial charge on any atom is -0.322 e. The van der Waals surface area contributed by atoms with Gasteiger partial charge in [-0.05, 0) is 31.5 Å². The van der Waals surface area contributed by atoms with Crippen LogP contribution in [0.3, 0.4) is 0 Å². The fourth-order valence-corrected chi connectivity index (χ4v) is 2.34. The van der Waals surface area contributed by atoms with Crippen LogP contribution in [0.25, 0.3) is 0 Å². The summed E-state index contributed by atoms with van der Waals surface area (Å²) in [7, 11) is 1.68. The number of rotatable bonds is 3. The summed E-state index contributed by atoms with van der Waals surface area (Å²) in [5.41, 5.74) is 2.15. The van der Waals surface area contributed by atoms with Gasteiger partial charge < -0.3 is 10.2 Å². The number of hydrogen-bond acceptors (Lipinski definition) is 3. The third kappa shape index (κ3) is 3.54. The molecule has 2 amide bonds. The minimum absolute atomic E-state index is 0.288. The lowest BCUT2D eigenvalue weighted by Gasteiger charge is -2.17. The Morgan fingerprint density at radius 2 is 2.20 bits per heavy atom. The number of anilines is 1. The van der Waals surface area contributed by atoms with E-state index in [1.807, 2.05) is 19.2 Å². The number of amides is 2. The average molecular weight is 293 g/mol. The molecule has 2 aromatic rings. The molecule has 0 atom stereocenters. The quantitative estimate of drug-likeness (QED) is 0.940. The van der Waals surface area contributed by atoms with E-state index in [1.54, 1.807) is 24.5 Å². The first kappa shape index (κ1) is 14.5. The molecule has 106 valence electrons. The van der Waals surface area contributed by atoms with Crippen LogP contribution in [-0.4, -0.2) is 23.0 Å². The van der Waals surface area contributed by atoms with Gasteiger partial charge in [0.15, 0.2) is 0 Å². The highest BCUT2D eigenvalue weighted by atomic mass is 32.1. The molecule has 0 saturated carbocycles. The monoisotopic (exact) mass is 293 g/mol. The van der Waals surface area contributed by atoms with Gasteiger partial charge in [0, 0.05) is 18.1 Å². The Bertz CT molecular complexity index is 627. The Morgan fingerprint density at radius 1 is 1.45 bits per heavy atom. The largest absolute Gasteiger partial charge is 0.322 e. The second-order valence-electron chi connectivity index (χ2n) is 4.60. The smallest absolute Gasteiger partial charge is 0.321 e. The zero-order valence-corrected chi connectivity index (χ0v) is 12.4. The van der Waals surface area contributed by atoms with Crippen molar-refractivity contribution >= 4 is 23.1 Å². The molecule has 0 bridgehead atoms. The summed E-state index contributed by atoms with van der Waals surface area (Å²) in [5.74, 6) is -0.372. The molecule has 0 unspecified atom stereocenters. The van der Waals surface area contributed by atoms with Crippen LogP contribution in [0, 0.1) is 19.7 Å². The molecule has 1 aromatic heterocycles. The normalized spacial score (nSPS) is 10.4. The van der Waals surface area contributed by atoms with Gasteiger partial charge in [-0.15, -0.1) is 11.3 Å². The van der Waals surface area contributed by atoms with Gasteiger partial charge in [0.25, 0.3) is 0 Å². The molecule has 6 heteroatoms. The molecule has 1 N–H and O–H groups in total. The van der Waals surface area contributed by atoms with Gasteiger partial charge in [-0.3, -0.25) is 0 Å². The van der Waals surface area contributed by atoms with Gasteiger partial charge in [0.2, 0.25) is 0 Å². The number of thiazole rings is 1. The summed E-state index contributed by atoms with van der Waals surface area (Å²) in [6.07, 6.45) is 0. The average Bonchev–Trinajstić information content (AvgIpc) is 2.79. The number of urea groups is 1. The van der Waals surface area contributed by atoms with E-state index in [9.17, 15) is 9.18 Å². The number of carbonyl (C=O) groups is 1. The summed E-state index contributed by atoms with van der Waals surface area (Å²) in [5, 5.41) is 5.59. The van der Waals surface area contributed by atoms with Crippen molar-refractivity contribution < 1.29 is 9.18 Å². The van der Waals surface area contributed by atoms with E-state index in [4.69, 9.17) is 0 Å². The van der Waals surface area contributed by atoms with E-state index in [2.05, 4.69) is 10.3 Å². The Morgan fingerprint density at radius 3 is 2.85 bits per heavy atom. The van der Waals surface area contributed by atoms with Gasteiger partial charge in [-0.2, -0.15) is 0 Å². The van der Waals surface area contributed by atoms with E-state index >= 15 is 0 Å². The van der Waals surface area contributed by atoms with Crippen LogP contribution >= 0.6 is 11.3 Å². The zero-order chi connectivity index (χ0) is 14.7. The molecular weight excluding hydrogens is 277 g/mol. The molecule has 2 rings (SSSR count). The van der Waals surface area contributed by atoms with Crippen LogP contribution < -0.4 is 5.32 Å². The predicted octanol–water partition coefficient (Wildman–Crippen LogP) is 3.56. The summed E-state index contributed by atoms with van der Waals surface area (Å²) >= 11 is 1.55. The molecule has 1 aromatic carbocycles. The highest BCUT2D eigenvalue weighted by Crippen LogP contribution is 2.17. The maximum Gasteiger partial charge on any atom is 0.321 e. The highest BCUT2D eigenvalue weighted by molar-refractivity contribution is 7.09. The fourth-order valence-electron chi connectivity index (χ4n) is 1.74. The number of nitrogens with zero attached hydrogens (tertiary/aromatic N) is 2. The van der Waals surface area contributed by atoms with Crippen molar-refractivity contribution in [2.45, 2.75) is 20.4 Å². The molecule has 4 nitrogen and oxygen atoms in total. The third-order valence-electron chi connectivity index (χ3n) is 2.85. The van der Waals surface area contributed by atoms with Crippen LogP contribution in [0.2, 0.25) is 0 Å². The van der Waals surface area contributed by atoms with Gasteiger partial charge in [0.1, 0.15) is 5.82 Å². The summed E-state index contributed by atoms with van der Waals surface area (Å²) in [4.78, 5) is 17.9. The Labute approximate surface area is 121 Å². The molecule has 0 spiro atoms. The van der Waals surface area contributed by atoms with Crippen LogP contribution in [-0.2, 0) is 6.54 Å². The van der Waals surface area contributed by atoms with Crippen LogP contribution in [0.4, 0.5) is 14.9 Å². The zero-order valence-electron chi connectivity index (χ0n) is 11.6. The molecular formula is C14H16FN3OS. The summed E-state index contributed by atoms with van der Waals surface area (Å²) in [6, 6.07) is 4.03. The van der Waals surface area contributed by atoms with Crippen LogP contribution in [0.5, 0.6) is 0 Å². The molecule has 20 heavy (non-hydrogen) atoms. The standard InChI is InChI=1S/C14H16FN3OS/c1-9-4-5-11(15)6-13(9)17-14(19)18(3)7-12-8-20-10(2)16-12/h4-6,8H,7H2,1-3H3,(H,17,19). The molecule has 0 fully saturated rings. The van der Waals surface area contributed by atoms with Crippen molar-refractivity contribution in [3.05, 3.63) is 45.7 Å². The summed E-state index contributed by atoms with van der Waals surface area (Å²) in [6.45, 7) is 4.16. The molecule has 0 aliphatic heterocycles. The lowest BCUT2D eigenvalue weighted by Crippen LogP contribution is -2.31. The molecule has 0 aliphatic carbocycles. The van der Waals surface area contributed by atoms with Crippen molar-refractivity contribution in [3.63, 3.8) is 0 Å². The third-order valence-corrected chi connectivity index (χ3v) is 3.68. The Kier molecular flexibility index (Phi) is 4.34. The first-order chi connectivity index (χ1) is 9.45. The second-order valence-corrected chi connectivity index (χ2v) is 5.67. The predicted molar refractivity (Wildman–Crippen MR) is 78.5 cm³/mol. The molecule has 1 heterocycles. The number of aromatic nitrogens is 1. The van der Waals surface area contributed by atoms with Gasteiger partial charge in [0.05, 0.1) is 17.2 Å². The molecule has 0 aliphatic rings. The number of nitrogens with one attached hydrogen (secondary N) is 1. The van der Waals surface area contributed by atoms with Gasteiger partial charge in [-0.25, -0.2) is 14.2 Å². The topological polar surface area (TPSA) is 45.2 Å². The first-order valence-electron chi connectivity index (χ1n) is 6.15. The van der Waals surface area contributed by atoms with Crippen LogP contribution in [0.1, 0.15) is 16.3 Å². The van der Waals surface area contributed by atoms with E-state index in [0.717, 1.165) is 16.3 Å². The minimum atomic E-state index is -0.372. The van der Waals surface area contributed by atoms with E-state index < -0.39 is 0 Å². The summed E-state index contributed by atoms with van der Waals surface area (Å²) < 4.78 is 13.2. The number of benzene rings is 1. The maximum absolute atomic E-state index is 13.2. The Balaban J connectivity index is 2.02. The van der Waals surface area contributed by atoms with Gasteiger partial charge >= 0.3 is 6.03 Å². The number of halogens is 1. The highest BCUT2D eigenvalue weighted by Gasteiger charge is 2.12. The van der Waals surface area contributed by atoms with Crippen LogP contribution in [0.15, 0.2) is 23.6 Å². The second kappa shape index (κ2) is 6.00. The lowest BCUT2D eigenvalue weighted by atomic mass is 10.2. The first-order valence-corrected chi connectivity index (χ1v) is 7.03. The lowest BCUT2D eigenvalue weighted by molar-refractivity contribution is 0.220. The van der Waals surface area contributed by atoms with E-state index in [-0.39, 0.29) is 11.8 Å². The van der Waals surface area contributed by atoms with Crippen molar-refractivity contribution in [3.8, 4) is 0 Å². The van der Waals surface area contributed by atoms with E-state index in [0.29, 0.717) is 12.2 Å². The maximum atomic E-state index is 13.2. The number of carbonyl (C=O) groups excluding carboxylic acids is 1. The fraction of sp³-hybridized carbons (Fsp3) is 0.286. The van der Waals surface area contributed by atoms with Crippen molar-refractivity contribution in [1.82, 2.24) is 9.88 Å². The molecule has 0 radical (unpaired) electrons. The molecule has 0 saturated heterocycles. The van der Waals surface area contributed by atoms with E-state index in [1.165, 1.54) is 17.0 Å². The number of aryl methyl sites for hydroxylation is 2.